The first-order chi connectivity index (χ1) is 6.66. The molecule has 0 aliphatic heterocycles. The zero-order chi connectivity index (χ0) is 10.6. The fourth-order valence-electron chi connectivity index (χ4n) is 0.825. The van der Waals surface area contributed by atoms with Crippen molar-refractivity contribution in [1.29, 1.82) is 0 Å². The first-order valence-corrected chi connectivity index (χ1v) is 3.57. The first-order valence-electron chi connectivity index (χ1n) is 3.57. The lowest BCUT2D eigenvalue weighted by Gasteiger charge is -1.97. The van der Waals surface area contributed by atoms with Gasteiger partial charge < -0.3 is 10.3 Å². The van der Waals surface area contributed by atoms with Crippen LogP contribution < -0.4 is 0 Å². The molecule has 2 N–H and O–H groups in total. The van der Waals surface area contributed by atoms with E-state index in [0.29, 0.717) is 0 Å². The molecule has 0 atom stereocenters. The number of oxime groups is 1. The molecule has 0 saturated heterocycles. The number of rotatable bonds is 3. The van der Waals surface area contributed by atoms with Crippen LogP contribution in [0.2, 0.25) is 0 Å². The van der Waals surface area contributed by atoms with E-state index in [1.54, 1.807) is 0 Å². The number of nitrogens with zero attached hydrogens (tertiary/aromatic N) is 2. The number of Topliss-reactive ketones (excluding diaryl/α,β-unsaturated/α-hetero) is 1. The number of ketones is 1. The third-order valence-electron chi connectivity index (χ3n) is 1.46. The minimum absolute atomic E-state index is 0.107. The van der Waals surface area contributed by atoms with E-state index < -0.39 is 17.5 Å². The van der Waals surface area contributed by atoms with Crippen molar-refractivity contribution in [2.45, 2.75) is 0 Å². The molecule has 0 unspecified atom stereocenters. The summed E-state index contributed by atoms with van der Waals surface area (Å²) in [5.41, 5.74) is -0.814. The number of carboxylic acids is 1. The second kappa shape index (κ2) is 4.13. The molecule has 1 rings (SSSR count). The predicted molar refractivity (Wildman–Crippen MR) is 45.4 cm³/mol. The van der Waals surface area contributed by atoms with Crippen LogP contribution in [0.4, 0.5) is 0 Å². The Bertz CT molecular complexity index is 386. The summed E-state index contributed by atoms with van der Waals surface area (Å²) >= 11 is 0. The number of carbonyl (C=O) groups excluding carboxylic acids is 1. The van der Waals surface area contributed by atoms with E-state index in [4.69, 9.17) is 10.3 Å². The Balaban J connectivity index is 3.02. The van der Waals surface area contributed by atoms with Crippen LogP contribution >= 0.6 is 0 Å². The van der Waals surface area contributed by atoms with Crippen LogP contribution in [0.15, 0.2) is 29.7 Å². The number of hydrogen-bond donors (Lipinski definition) is 2. The van der Waals surface area contributed by atoms with E-state index in [2.05, 4.69) is 10.1 Å². The number of aromatic nitrogens is 1. The van der Waals surface area contributed by atoms with Gasteiger partial charge in [-0.15, -0.1) is 0 Å². The van der Waals surface area contributed by atoms with Gasteiger partial charge in [0.15, 0.2) is 0 Å². The van der Waals surface area contributed by atoms with Crippen molar-refractivity contribution >= 4 is 17.5 Å². The van der Waals surface area contributed by atoms with Crippen molar-refractivity contribution in [2.75, 3.05) is 0 Å². The number of aliphatic carboxylic acids is 1. The van der Waals surface area contributed by atoms with Crippen LogP contribution in [-0.2, 0) is 4.79 Å². The van der Waals surface area contributed by atoms with Gasteiger partial charge in [-0.1, -0.05) is 5.16 Å². The minimum atomic E-state index is -1.57. The first kappa shape index (κ1) is 9.85. The maximum atomic E-state index is 11.3. The standard InChI is InChI=1S/C8H6N2O4/c11-7(6(10-14)8(12)13)5-1-3-9-4-2-5/h1-4,14H,(H,12,13)/b10-6-. The molecular formula is C8H6N2O4. The minimum Gasteiger partial charge on any atom is -0.476 e. The highest BCUT2D eigenvalue weighted by Crippen LogP contribution is 2.00. The zero-order valence-corrected chi connectivity index (χ0v) is 6.91. The summed E-state index contributed by atoms with van der Waals surface area (Å²) < 4.78 is 0. The molecule has 0 spiro atoms. The normalized spacial score (nSPS) is 11.0. The van der Waals surface area contributed by atoms with Gasteiger partial charge in [0.25, 0.3) is 0 Å². The number of pyridine rings is 1. The smallest absolute Gasteiger partial charge is 0.362 e. The summed E-state index contributed by atoms with van der Waals surface area (Å²) in [5.74, 6) is -2.43. The molecule has 0 fully saturated rings. The van der Waals surface area contributed by atoms with Gasteiger partial charge in [-0.25, -0.2) is 4.79 Å². The molecule has 0 amide bonds. The van der Waals surface area contributed by atoms with Gasteiger partial charge in [-0.2, -0.15) is 0 Å². The number of carboxylic acid groups (broad SMARTS) is 1. The van der Waals surface area contributed by atoms with Crippen molar-refractivity contribution in [3.05, 3.63) is 30.1 Å². The lowest BCUT2D eigenvalue weighted by atomic mass is 10.1. The molecule has 0 radical (unpaired) electrons. The average molecular weight is 194 g/mol. The maximum Gasteiger partial charge on any atom is 0.362 e. The summed E-state index contributed by atoms with van der Waals surface area (Å²) in [7, 11) is 0. The molecule has 6 nitrogen and oxygen atoms in total. The second-order valence-electron chi connectivity index (χ2n) is 2.32. The monoisotopic (exact) mass is 194 g/mol. The average Bonchev–Trinajstić information content (AvgIpc) is 2.19. The largest absolute Gasteiger partial charge is 0.476 e. The number of hydrogen-bond acceptors (Lipinski definition) is 5. The van der Waals surface area contributed by atoms with Gasteiger partial charge in [-0.3, -0.25) is 9.78 Å². The molecular weight excluding hydrogens is 188 g/mol. The third-order valence-corrected chi connectivity index (χ3v) is 1.46. The quantitative estimate of drug-likeness (QED) is 0.235. The van der Waals surface area contributed by atoms with Crippen molar-refractivity contribution in [2.24, 2.45) is 5.16 Å². The summed E-state index contributed by atoms with van der Waals surface area (Å²) in [6, 6.07) is 2.66. The molecule has 0 saturated carbocycles. The van der Waals surface area contributed by atoms with Gasteiger partial charge in [-0.05, 0) is 12.1 Å². The summed E-state index contributed by atoms with van der Waals surface area (Å²) in [4.78, 5) is 25.4. The van der Waals surface area contributed by atoms with Crippen LogP contribution in [0.25, 0.3) is 0 Å². The molecule has 14 heavy (non-hydrogen) atoms. The summed E-state index contributed by atoms with van der Waals surface area (Å²) in [5, 5.41) is 19.2. The van der Waals surface area contributed by atoms with Gasteiger partial charge in [0.1, 0.15) is 0 Å². The fourth-order valence-corrected chi connectivity index (χ4v) is 0.825. The Morgan fingerprint density at radius 3 is 2.29 bits per heavy atom. The predicted octanol–water partition coefficient (Wildman–Crippen LogP) is 0.179. The lowest BCUT2D eigenvalue weighted by Crippen LogP contribution is -2.23. The van der Waals surface area contributed by atoms with E-state index in [-0.39, 0.29) is 5.56 Å². The molecule has 1 aromatic heterocycles. The molecule has 6 heteroatoms. The molecule has 0 bridgehead atoms. The van der Waals surface area contributed by atoms with Gasteiger partial charge in [0, 0.05) is 18.0 Å². The molecule has 1 heterocycles. The van der Waals surface area contributed by atoms with Gasteiger partial charge in [0.05, 0.1) is 0 Å². The van der Waals surface area contributed by atoms with Crippen LogP contribution in [-0.4, -0.2) is 32.8 Å². The molecule has 0 aliphatic rings. The third kappa shape index (κ3) is 1.92. The van der Waals surface area contributed by atoms with Crippen LogP contribution in [0.3, 0.4) is 0 Å². The highest BCUT2D eigenvalue weighted by Gasteiger charge is 2.21. The fraction of sp³-hybridized carbons (Fsp3) is 0. The SMILES string of the molecule is O=C(O)/C(=N\O)C(=O)c1ccncc1. The van der Waals surface area contributed by atoms with Gasteiger partial charge >= 0.3 is 5.97 Å². The van der Waals surface area contributed by atoms with Crippen molar-refractivity contribution in [3.8, 4) is 0 Å². The van der Waals surface area contributed by atoms with E-state index in [9.17, 15) is 9.59 Å². The lowest BCUT2D eigenvalue weighted by molar-refractivity contribution is -0.129. The molecule has 0 aliphatic carbocycles. The van der Waals surface area contributed by atoms with E-state index in [0.717, 1.165) is 0 Å². The second-order valence-corrected chi connectivity index (χ2v) is 2.32. The Labute approximate surface area is 78.5 Å². The number of carbonyl (C=O) groups is 2. The van der Waals surface area contributed by atoms with E-state index in [1.165, 1.54) is 24.5 Å². The van der Waals surface area contributed by atoms with Crippen LogP contribution in [0, 0.1) is 0 Å². The molecule has 1 aromatic rings. The summed E-state index contributed by atoms with van der Waals surface area (Å²) in [6.07, 6.45) is 2.67. The Kier molecular flexibility index (Phi) is 2.90. The Morgan fingerprint density at radius 1 is 1.29 bits per heavy atom. The maximum absolute atomic E-state index is 11.3. The van der Waals surface area contributed by atoms with Crippen molar-refractivity contribution in [1.82, 2.24) is 4.98 Å². The van der Waals surface area contributed by atoms with E-state index in [1.807, 2.05) is 0 Å². The van der Waals surface area contributed by atoms with Gasteiger partial charge in [0.2, 0.25) is 11.5 Å². The highest BCUT2D eigenvalue weighted by atomic mass is 16.4. The van der Waals surface area contributed by atoms with Crippen LogP contribution in [0.5, 0.6) is 0 Å². The summed E-state index contributed by atoms with van der Waals surface area (Å²) in [6.45, 7) is 0. The molecule has 0 aromatic carbocycles. The highest BCUT2D eigenvalue weighted by molar-refractivity contribution is 6.67. The topological polar surface area (TPSA) is 99.9 Å². The van der Waals surface area contributed by atoms with Crippen molar-refractivity contribution < 1.29 is 19.9 Å². The molecule has 72 valence electrons. The Morgan fingerprint density at radius 2 is 1.86 bits per heavy atom. The zero-order valence-electron chi connectivity index (χ0n) is 6.91. The Hall–Kier alpha value is -2.24. The van der Waals surface area contributed by atoms with Crippen LogP contribution in [0.1, 0.15) is 10.4 Å². The van der Waals surface area contributed by atoms with E-state index >= 15 is 0 Å². The van der Waals surface area contributed by atoms with Crippen molar-refractivity contribution in [3.63, 3.8) is 0 Å².